The molecule has 2 aromatic rings. The smallest absolute Gasteiger partial charge is 0.226 e. The van der Waals surface area contributed by atoms with Crippen LogP contribution >= 0.6 is 11.6 Å². The molecule has 0 amide bonds. The normalized spacial score (nSPS) is 17.2. The molecule has 0 saturated carbocycles. The summed E-state index contributed by atoms with van der Waals surface area (Å²) in [6, 6.07) is 10.7. The van der Waals surface area contributed by atoms with Crippen LogP contribution in [-0.2, 0) is 0 Å². The number of aromatic nitrogens is 1. The summed E-state index contributed by atoms with van der Waals surface area (Å²) in [5.41, 5.74) is 1.39. The predicted octanol–water partition coefficient (Wildman–Crippen LogP) is 2.92. The molecule has 80 valence electrons. The van der Waals surface area contributed by atoms with E-state index in [9.17, 15) is 5.11 Å². The maximum Gasteiger partial charge on any atom is 0.226 e. The summed E-state index contributed by atoms with van der Waals surface area (Å²) in [7, 11) is 0. The lowest BCUT2D eigenvalue weighted by Crippen LogP contribution is -2.10. The van der Waals surface area contributed by atoms with Gasteiger partial charge in [0.15, 0.2) is 0 Å². The number of hydrogen-bond acceptors (Lipinski definition) is 3. The summed E-state index contributed by atoms with van der Waals surface area (Å²) >= 11 is 5.78. The van der Waals surface area contributed by atoms with Crippen molar-refractivity contribution in [1.29, 1.82) is 0 Å². The Balaban J connectivity index is 2.18. The molecule has 1 aliphatic heterocycles. The van der Waals surface area contributed by atoms with Crippen LogP contribution in [-0.4, -0.2) is 10.1 Å². The van der Waals surface area contributed by atoms with Crippen molar-refractivity contribution < 1.29 is 9.84 Å². The van der Waals surface area contributed by atoms with Gasteiger partial charge in [-0.2, -0.15) is 0 Å². The van der Waals surface area contributed by atoms with Gasteiger partial charge in [0.05, 0.1) is 0 Å². The number of benzene rings is 1. The second kappa shape index (κ2) is 3.47. The van der Waals surface area contributed by atoms with Gasteiger partial charge in [-0.25, -0.2) is 4.98 Å². The van der Waals surface area contributed by atoms with E-state index in [1.807, 2.05) is 18.2 Å². The molecular formula is C12H8ClNO2. The van der Waals surface area contributed by atoms with Crippen LogP contribution in [0.2, 0.25) is 5.15 Å². The van der Waals surface area contributed by atoms with Crippen molar-refractivity contribution >= 4 is 11.6 Å². The summed E-state index contributed by atoms with van der Waals surface area (Å²) < 4.78 is 5.57. The highest BCUT2D eigenvalue weighted by Gasteiger charge is 2.26. The average molecular weight is 234 g/mol. The minimum Gasteiger partial charge on any atom is -0.438 e. The van der Waals surface area contributed by atoms with E-state index in [4.69, 9.17) is 16.3 Å². The summed E-state index contributed by atoms with van der Waals surface area (Å²) in [6.45, 7) is 0. The number of hydrogen-bond donors (Lipinski definition) is 1. The van der Waals surface area contributed by atoms with Crippen molar-refractivity contribution in [2.24, 2.45) is 0 Å². The molecule has 0 fully saturated rings. The largest absolute Gasteiger partial charge is 0.438 e. The molecule has 3 nitrogen and oxygen atoms in total. The Morgan fingerprint density at radius 2 is 1.94 bits per heavy atom. The van der Waals surface area contributed by atoms with Crippen LogP contribution in [0.3, 0.4) is 0 Å². The van der Waals surface area contributed by atoms with Gasteiger partial charge in [0, 0.05) is 11.1 Å². The SMILES string of the molecule is OC1c2ccccc2Oc2nc(Cl)ccc21. The number of ether oxygens (including phenoxy) is 1. The first-order valence-corrected chi connectivity index (χ1v) is 5.25. The lowest BCUT2D eigenvalue weighted by molar-refractivity contribution is 0.201. The lowest BCUT2D eigenvalue weighted by atomic mass is 9.99. The Hall–Kier alpha value is -1.58. The fraction of sp³-hybridized carbons (Fsp3) is 0.0833. The molecule has 0 bridgehead atoms. The van der Waals surface area contributed by atoms with Gasteiger partial charge in [-0.3, -0.25) is 0 Å². The number of aliphatic hydroxyl groups excluding tert-OH is 1. The predicted molar refractivity (Wildman–Crippen MR) is 59.8 cm³/mol. The van der Waals surface area contributed by atoms with E-state index in [0.29, 0.717) is 22.3 Å². The Morgan fingerprint density at radius 3 is 2.81 bits per heavy atom. The quantitative estimate of drug-likeness (QED) is 0.712. The fourth-order valence-electron chi connectivity index (χ4n) is 1.79. The molecule has 1 aromatic carbocycles. The number of para-hydroxylation sites is 1. The number of pyridine rings is 1. The Bertz CT molecular complexity index is 556. The average Bonchev–Trinajstić information content (AvgIpc) is 2.29. The molecule has 0 radical (unpaired) electrons. The zero-order chi connectivity index (χ0) is 11.1. The number of aliphatic hydroxyl groups is 1. The highest BCUT2D eigenvalue weighted by atomic mass is 35.5. The first-order valence-electron chi connectivity index (χ1n) is 4.87. The van der Waals surface area contributed by atoms with Gasteiger partial charge >= 0.3 is 0 Å². The van der Waals surface area contributed by atoms with Crippen molar-refractivity contribution in [3.63, 3.8) is 0 Å². The second-order valence-corrected chi connectivity index (χ2v) is 3.96. The maximum absolute atomic E-state index is 10.1. The standard InChI is InChI=1S/C12H8ClNO2/c13-10-6-5-8-11(15)7-3-1-2-4-9(7)16-12(8)14-10/h1-6,11,15H. The van der Waals surface area contributed by atoms with Crippen molar-refractivity contribution in [2.75, 3.05) is 0 Å². The van der Waals surface area contributed by atoms with E-state index in [1.165, 1.54) is 0 Å². The third-order valence-corrected chi connectivity index (χ3v) is 2.78. The summed E-state index contributed by atoms with van der Waals surface area (Å²) in [6.07, 6.45) is -0.704. The van der Waals surface area contributed by atoms with E-state index in [0.717, 1.165) is 5.56 Å². The minimum atomic E-state index is -0.704. The molecule has 0 saturated heterocycles. The Labute approximate surface area is 97.3 Å². The topological polar surface area (TPSA) is 42.4 Å². The Kier molecular flexibility index (Phi) is 2.09. The molecule has 1 unspecified atom stereocenters. The van der Waals surface area contributed by atoms with Crippen LogP contribution in [0.1, 0.15) is 17.2 Å². The van der Waals surface area contributed by atoms with E-state index in [2.05, 4.69) is 4.98 Å². The van der Waals surface area contributed by atoms with E-state index >= 15 is 0 Å². The van der Waals surface area contributed by atoms with Crippen molar-refractivity contribution in [3.05, 3.63) is 52.7 Å². The fourth-order valence-corrected chi connectivity index (χ4v) is 1.93. The van der Waals surface area contributed by atoms with Crippen LogP contribution in [0.4, 0.5) is 0 Å². The van der Waals surface area contributed by atoms with Gasteiger partial charge in [-0.1, -0.05) is 29.8 Å². The summed E-state index contributed by atoms with van der Waals surface area (Å²) in [5.74, 6) is 0.996. The van der Waals surface area contributed by atoms with Crippen molar-refractivity contribution in [2.45, 2.75) is 6.10 Å². The molecule has 1 aromatic heterocycles. The van der Waals surface area contributed by atoms with Crippen LogP contribution in [0.5, 0.6) is 11.6 Å². The zero-order valence-corrected chi connectivity index (χ0v) is 8.98. The molecule has 1 aliphatic rings. The van der Waals surface area contributed by atoms with Crippen molar-refractivity contribution in [3.8, 4) is 11.6 Å². The Morgan fingerprint density at radius 1 is 1.12 bits per heavy atom. The zero-order valence-electron chi connectivity index (χ0n) is 8.22. The highest BCUT2D eigenvalue weighted by Crippen LogP contribution is 2.41. The minimum absolute atomic E-state index is 0.352. The van der Waals surface area contributed by atoms with Crippen molar-refractivity contribution in [1.82, 2.24) is 4.98 Å². The maximum atomic E-state index is 10.1. The van der Waals surface area contributed by atoms with Gasteiger partial charge in [-0.05, 0) is 18.2 Å². The van der Waals surface area contributed by atoms with E-state index < -0.39 is 6.10 Å². The molecule has 1 atom stereocenters. The summed E-state index contributed by atoms with van der Waals surface area (Å²) in [5, 5.41) is 10.5. The van der Waals surface area contributed by atoms with Crippen LogP contribution in [0, 0.1) is 0 Å². The number of fused-ring (bicyclic) bond motifs is 2. The number of rotatable bonds is 0. The lowest BCUT2D eigenvalue weighted by Gasteiger charge is -2.23. The van der Waals surface area contributed by atoms with E-state index in [-0.39, 0.29) is 0 Å². The molecule has 0 spiro atoms. The highest BCUT2D eigenvalue weighted by molar-refractivity contribution is 6.29. The monoisotopic (exact) mass is 233 g/mol. The first-order chi connectivity index (χ1) is 7.75. The van der Waals surface area contributed by atoms with Crippen LogP contribution in [0.15, 0.2) is 36.4 Å². The van der Waals surface area contributed by atoms with Gasteiger partial charge in [0.25, 0.3) is 0 Å². The van der Waals surface area contributed by atoms with Gasteiger partial charge < -0.3 is 9.84 Å². The molecule has 1 N–H and O–H groups in total. The molecule has 3 rings (SSSR count). The van der Waals surface area contributed by atoms with Gasteiger partial charge in [0.2, 0.25) is 5.88 Å². The second-order valence-electron chi connectivity index (χ2n) is 3.57. The molecule has 4 heteroatoms. The number of halogens is 1. The van der Waals surface area contributed by atoms with Crippen LogP contribution in [0.25, 0.3) is 0 Å². The van der Waals surface area contributed by atoms with Gasteiger partial charge in [-0.15, -0.1) is 0 Å². The molecule has 2 heterocycles. The summed E-state index contributed by atoms with van der Waals surface area (Å²) in [4.78, 5) is 4.05. The number of nitrogens with zero attached hydrogens (tertiary/aromatic N) is 1. The first kappa shape index (κ1) is 9.63. The third-order valence-electron chi connectivity index (χ3n) is 2.57. The third kappa shape index (κ3) is 1.37. The van der Waals surface area contributed by atoms with E-state index in [1.54, 1.807) is 18.2 Å². The molecular weight excluding hydrogens is 226 g/mol. The van der Waals surface area contributed by atoms with Gasteiger partial charge in [0.1, 0.15) is 17.0 Å². The molecule has 16 heavy (non-hydrogen) atoms. The van der Waals surface area contributed by atoms with Crippen LogP contribution < -0.4 is 4.74 Å². The molecule has 0 aliphatic carbocycles.